The maximum Gasteiger partial charge on any atom is 0.223 e. The lowest BCUT2D eigenvalue weighted by Gasteiger charge is -2.31. The molecule has 116 valence electrons. The van der Waals surface area contributed by atoms with Crippen molar-refractivity contribution in [3.8, 4) is 5.75 Å². The summed E-state index contributed by atoms with van der Waals surface area (Å²) in [4.78, 5) is 11.9. The van der Waals surface area contributed by atoms with Gasteiger partial charge in [-0.05, 0) is 42.6 Å². The van der Waals surface area contributed by atoms with Crippen LogP contribution >= 0.6 is 0 Å². The zero-order valence-corrected chi connectivity index (χ0v) is 13.2. The number of nitrogens with one attached hydrogen (secondary N) is 2. The third-order valence-corrected chi connectivity index (χ3v) is 4.15. The Kier molecular flexibility index (Phi) is 5.62. The minimum absolute atomic E-state index is 0.0802. The van der Waals surface area contributed by atoms with Crippen molar-refractivity contribution in [2.45, 2.75) is 26.7 Å². The van der Waals surface area contributed by atoms with E-state index in [0.717, 1.165) is 18.8 Å². The molecule has 1 aliphatic heterocycles. The van der Waals surface area contributed by atoms with E-state index in [9.17, 15) is 4.79 Å². The van der Waals surface area contributed by atoms with Gasteiger partial charge in [0.1, 0.15) is 12.4 Å². The van der Waals surface area contributed by atoms with E-state index in [0.29, 0.717) is 25.0 Å². The molecule has 0 spiro atoms. The number of carbonyl (C=O) groups excluding carboxylic acids is 1. The number of amides is 1. The monoisotopic (exact) mass is 290 g/mol. The first kappa shape index (κ1) is 15.8. The summed E-state index contributed by atoms with van der Waals surface area (Å²) in [6.45, 7) is 9.29. The van der Waals surface area contributed by atoms with Crippen molar-refractivity contribution in [3.05, 3.63) is 29.8 Å². The highest BCUT2D eigenvalue weighted by molar-refractivity contribution is 5.78. The molecule has 2 rings (SSSR count). The molecule has 4 nitrogen and oxygen atoms in total. The van der Waals surface area contributed by atoms with Crippen LogP contribution in [0.5, 0.6) is 5.75 Å². The van der Waals surface area contributed by atoms with Gasteiger partial charge in [-0.2, -0.15) is 0 Å². The first-order valence-electron chi connectivity index (χ1n) is 7.79. The van der Waals surface area contributed by atoms with E-state index >= 15 is 0 Å². The summed E-state index contributed by atoms with van der Waals surface area (Å²) in [5.41, 5.74) is 1.30. The van der Waals surface area contributed by atoms with Crippen LogP contribution in [-0.4, -0.2) is 32.1 Å². The maximum absolute atomic E-state index is 11.9. The Balaban J connectivity index is 1.66. The average molecular weight is 290 g/mol. The van der Waals surface area contributed by atoms with Crippen molar-refractivity contribution in [2.24, 2.45) is 11.8 Å². The largest absolute Gasteiger partial charge is 0.492 e. The van der Waals surface area contributed by atoms with Crippen LogP contribution in [0, 0.1) is 11.8 Å². The van der Waals surface area contributed by atoms with Gasteiger partial charge in [-0.15, -0.1) is 0 Å². The minimum Gasteiger partial charge on any atom is -0.492 e. The number of hydrogen-bond donors (Lipinski definition) is 2. The summed E-state index contributed by atoms with van der Waals surface area (Å²) in [6.07, 6.45) is 0. The molecule has 1 heterocycles. The molecule has 4 heteroatoms. The molecule has 0 radical (unpaired) electrons. The van der Waals surface area contributed by atoms with Crippen molar-refractivity contribution >= 4 is 5.91 Å². The zero-order valence-electron chi connectivity index (χ0n) is 13.2. The normalized spacial score (nSPS) is 16.4. The van der Waals surface area contributed by atoms with Gasteiger partial charge >= 0.3 is 0 Å². The summed E-state index contributed by atoms with van der Waals surface area (Å²) in [7, 11) is 0. The van der Waals surface area contributed by atoms with Crippen molar-refractivity contribution in [1.29, 1.82) is 0 Å². The fourth-order valence-electron chi connectivity index (χ4n) is 2.33. The van der Waals surface area contributed by atoms with Crippen LogP contribution in [0.15, 0.2) is 24.3 Å². The van der Waals surface area contributed by atoms with Gasteiger partial charge in [-0.25, -0.2) is 0 Å². The second-order valence-electron chi connectivity index (χ2n) is 6.07. The van der Waals surface area contributed by atoms with Gasteiger partial charge in [0.25, 0.3) is 0 Å². The maximum atomic E-state index is 11.9. The fourth-order valence-corrected chi connectivity index (χ4v) is 2.33. The van der Waals surface area contributed by atoms with Crippen molar-refractivity contribution < 1.29 is 9.53 Å². The Morgan fingerprint density at radius 2 is 1.95 bits per heavy atom. The SMILES string of the molecule is CC(C)c1ccc(OCCNC(=O)C(C)C2CNC2)cc1. The lowest BCUT2D eigenvalue weighted by atomic mass is 9.88. The molecular formula is C17H26N2O2. The van der Waals surface area contributed by atoms with Crippen LogP contribution in [0.3, 0.4) is 0 Å². The molecule has 1 fully saturated rings. The number of hydrogen-bond acceptors (Lipinski definition) is 3. The lowest BCUT2D eigenvalue weighted by molar-refractivity contribution is -0.126. The Hall–Kier alpha value is -1.55. The van der Waals surface area contributed by atoms with Crippen LogP contribution in [-0.2, 0) is 4.79 Å². The predicted molar refractivity (Wildman–Crippen MR) is 84.6 cm³/mol. The van der Waals surface area contributed by atoms with Crippen LogP contribution in [0.1, 0.15) is 32.3 Å². The first-order chi connectivity index (χ1) is 10.1. The molecular weight excluding hydrogens is 264 g/mol. The number of rotatable bonds is 7. The van der Waals surface area contributed by atoms with Crippen molar-refractivity contribution in [1.82, 2.24) is 10.6 Å². The van der Waals surface area contributed by atoms with E-state index in [1.54, 1.807) is 0 Å². The van der Waals surface area contributed by atoms with Crippen LogP contribution in [0.2, 0.25) is 0 Å². The van der Waals surface area contributed by atoms with E-state index in [-0.39, 0.29) is 11.8 Å². The van der Waals surface area contributed by atoms with Gasteiger partial charge in [0, 0.05) is 5.92 Å². The highest BCUT2D eigenvalue weighted by Crippen LogP contribution is 2.18. The third kappa shape index (κ3) is 4.46. The van der Waals surface area contributed by atoms with Gasteiger partial charge in [-0.3, -0.25) is 4.79 Å². The summed E-state index contributed by atoms with van der Waals surface area (Å²) < 4.78 is 5.64. The highest BCUT2D eigenvalue weighted by atomic mass is 16.5. The van der Waals surface area contributed by atoms with Gasteiger partial charge in [0.15, 0.2) is 0 Å². The summed E-state index contributed by atoms with van der Waals surface area (Å²) in [5.74, 6) is 2.07. The Morgan fingerprint density at radius 1 is 1.29 bits per heavy atom. The van der Waals surface area contributed by atoms with Crippen LogP contribution in [0.4, 0.5) is 0 Å². The Labute approximate surface area is 127 Å². The summed E-state index contributed by atoms with van der Waals surface area (Å²) >= 11 is 0. The molecule has 0 aliphatic carbocycles. The van der Waals surface area contributed by atoms with E-state index in [1.807, 2.05) is 19.1 Å². The topological polar surface area (TPSA) is 50.4 Å². The quantitative estimate of drug-likeness (QED) is 0.757. The van der Waals surface area contributed by atoms with E-state index in [1.165, 1.54) is 5.56 Å². The molecule has 1 aromatic carbocycles. The molecule has 1 aliphatic rings. The third-order valence-electron chi connectivity index (χ3n) is 4.15. The van der Waals surface area contributed by atoms with Crippen molar-refractivity contribution in [2.75, 3.05) is 26.2 Å². The predicted octanol–water partition coefficient (Wildman–Crippen LogP) is 2.16. The van der Waals surface area contributed by atoms with E-state index in [2.05, 4.69) is 36.6 Å². The second-order valence-corrected chi connectivity index (χ2v) is 6.07. The lowest BCUT2D eigenvalue weighted by Crippen LogP contribution is -2.49. The molecule has 1 unspecified atom stereocenters. The number of ether oxygens (including phenoxy) is 1. The molecule has 1 saturated heterocycles. The molecule has 1 aromatic rings. The number of benzene rings is 1. The van der Waals surface area contributed by atoms with E-state index < -0.39 is 0 Å². The highest BCUT2D eigenvalue weighted by Gasteiger charge is 2.28. The summed E-state index contributed by atoms with van der Waals surface area (Å²) in [6, 6.07) is 8.15. The first-order valence-corrected chi connectivity index (χ1v) is 7.79. The van der Waals surface area contributed by atoms with E-state index in [4.69, 9.17) is 4.74 Å². The number of carbonyl (C=O) groups is 1. The van der Waals surface area contributed by atoms with Gasteiger partial charge in [0.2, 0.25) is 5.91 Å². The molecule has 1 atom stereocenters. The standard InChI is InChI=1S/C17H26N2O2/c1-12(2)14-4-6-16(7-5-14)21-9-8-19-17(20)13(3)15-10-18-11-15/h4-7,12-13,15,18H,8-11H2,1-3H3,(H,19,20). The molecule has 1 amide bonds. The summed E-state index contributed by atoms with van der Waals surface area (Å²) in [5, 5.41) is 6.13. The molecule has 21 heavy (non-hydrogen) atoms. The van der Waals surface area contributed by atoms with Crippen molar-refractivity contribution in [3.63, 3.8) is 0 Å². The zero-order chi connectivity index (χ0) is 15.2. The Bertz CT molecular complexity index is 452. The smallest absolute Gasteiger partial charge is 0.223 e. The average Bonchev–Trinajstić information content (AvgIpc) is 2.42. The van der Waals surface area contributed by atoms with Crippen LogP contribution < -0.4 is 15.4 Å². The van der Waals surface area contributed by atoms with Gasteiger partial charge < -0.3 is 15.4 Å². The van der Waals surface area contributed by atoms with Gasteiger partial charge in [0.05, 0.1) is 6.54 Å². The molecule has 2 N–H and O–H groups in total. The molecule has 0 aromatic heterocycles. The van der Waals surface area contributed by atoms with Crippen LogP contribution in [0.25, 0.3) is 0 Å². The second kappa shape index (κ2) is 7.46. The molecule has 0 bridgehead atoms. The van der Waals surface area contributed by atoms with Gasteiger partial charge in [-0.1, -0.05) is 32.9 Å². The Morgan fingerprint density at radius 3 is 2.48 bits per heavy atom. The fraction of sp³-hybridized carbons (Fsp3) is 0.588. The molecule has 0 saturated carbocycles. The minimum atomic E-state index is 0.0802.